The summed E-state index contributed by atoms with van der Waals surface area (Å²) in [6, 6.07) is 11.9. The van der Waals surface area contributed by atoms with E-state index >= 15 is 0 Å². The van der Waals surface area contributed by atoms with Crippen LogP contribution in [0.15, 0.2) is 30.3 Å². The van der Waals surface area contributed by atoms with E-state index in [1.807, 2.05) is 11.3 Å². The topological polar surface area (TPSA) is 22.4 Å². The minimum absolute atomic E-state index is 0.531. The quantitative estimate of drug-likeness (QED) is 0.370. The van der Waals surface area contributed by atoms with Gasteiger partial charge in [0.25, 0.3) is 0 Å². The summed E-state index contributed by atoms with van der Waals surface area (Å²) in [5, 5.41) is 1.37. The average Bonchev–Trinajstić information content (AvgIpc) is 3.40. The summed E-state index contributed by atoms with van der Waals surface area (Å²) in [6.45, 7) is 17.0. The molecule has 0 radical (unpaired) electrons. The molecule has 0 aromatic heterocycles. The molecule has 0 amide bonds. The summed E-state index contributed by atoms with van der Waals surface area (Å²) in [5.74, 6) is 3.44. The standard InChI is InChI=1S/C30H37N4S/c1-29(2)20-14-33(15-21(20)29)18-7-8-24-26(12-18)35-27-13-19(32-9-5-6-10-32)11-25(28(27)31-24)34-16-22-23(17-34)30(22,3)4/h7-8,11-13,20-23H,5-6,9-10,14-17H2,1-4H3/q+1. The van der Waals surface area contributed by atoms with E-state index in [-0.39, 0.29) is 0 Å². The highest BCUT2D eigenvalue weighted by Crippen LogP contribution is 2.62. The Labute approximate surface area is 212 Å². The van der Waals surface area contributed by atoms with Crippen LogP contribution in [0.5, 0.6) is 0 Å². The summed E-state index contributed by atoms with van der Waals surface area (Å²) < 4.78 is 3.98. The molecule has 5 fully saturated rings. The van der Waals surface area contributed by atoms with E-state index in [4.69, 9.17) is 4.98 Å². The first kappa shape index (κ1) is 21.0. The number of hydrogen-bond acceptors (Lipinski definition) is 4. The van der Waals surface area contributed by atoms with Crippen molar-refractivity contribution in [1.82, 2.24) is 9.56 Å². The smallest absolute Gasteiger partial charge is 0.229 e. The Kier molecular flexibility index (Phi) is 4.07. The van der Waals surface area contributed by atoms with Crippen molar-refractivity contribution in [1.29, 1.82) is 0 Å². The summed E-state index contributed by atoms with van der Waals surface area (Å²) in [7, 11) is 0. The predicted octanol–water partition coefficient (Wildman–Crippen LogP) is 5.15. The van der Waals surface area contributed by atoms with Gasteiger partial charge in [-0.2, -0.15) is 0 Å². The van der Waals surface area contributed by atoms with Crippen molar-refractivity contribution in [3.8, 4) is 10.6 Å². The van der Waals surface area contributed by atoms with Crippen molar-refractivity contribution in [3.63, 3.8) is 0 Å². The van der Waals surface area contributed by atoms with E-state index in [0.29, 0.717) is 10.8 Å². The molecule has 2 saturated carbocycles. The van der Waals surface area contributed by atoms with Gasteiger partial charge in [-0.15, -0.1) is 11.3 Å². The van der Waals surface area contributed by atoms with Gasteiger partial charge in [-0.3, -0.25) is 0 Å². The molecule has 1 aromatic rings. The minimum Gasteiger partial charge on any atom is -0.371 e. The number of benzene rings is 2. The number of hydrogen-bond donors (Lipinski definition) is 0. The Morgan fingerprint density at radius 3 is 2.23 bits per heavy atom. The van der Waals surface area contributed by atoms with Gasteiger partial charge < -0.3 is 9.80 Å². The molecule has 4 nitrogen and oxygen atoms in total. The molecule has 5 heteroatoms. The van der Waals surface area contributed by atoms with Crippen LogP contribution in [0.25, 0.3) is 20.8 Å². The summed E-state index contributed by atoms with van der Waals surface area (Å²) in [4.78, 5) is 11.9. The molecule has 7 aliphatic rings. The second-order valence-electron chi connectivity index (χ2n) is 13.3. The molecular formula is C30H37N4S+. The number of aromatic nitrogens is 1. The fourth-order valence-electron chi connectivity index (χ4n) is 7.95. The van der Waals surface area contributed by atoms with Crippen LogP contribution in [-0.2, 0) is 0 Å². The maximum atomic E-state index is 5.31. The molecule has 0 bridgehead atoms. The normalized spacial score (nSPS) is 31.9. The maximum absolute atomic E-state index is 5.31. The van der Waals surface area contributed by atoms with Gasteiger partial charge in [-0.1, -0.05) is 27.7 Å². The van der Waals surface area contributed by atoms with Crippen LogP contribution in [0.1, 0.15) is 40.5 Å². The molecule has 4 heterocycles. The molecule has 0 N–H and O–H groups in total. The summed E-state index contributed by atoms with van der Waals surface area (Å²) in [6.07, 6.45) is 2.62. The Balaban J connectivity index is 1.24. The van der Waals surface area contributed by atoms with Gasteiger partial charge in [0.15, 0.2) is 5.69 Å². The zero-order chi connectivity index (χ0) is 23.7. The first-order valence-electron chi connectivity index (χ1n) is 13.8. The van der Waals surface area contributed by atoms with Crippen molar-refractivity contribution < 1.29 is 0 Å². The summed E-state index contributed by atoms with van der Waals surface area (Å²) >= 11 is 1.95. The van der Waals surface area contributed by atoms with E-state index < -0.39 is 0 Å². The van der Waals surface area contributed by atoms with Crippen molar-refractivity contribution in [2.45, 2.75) is 40.5 Å². The largest absolute Gasteiger partial charge is 0.371 e. The number of nitrogens with zero attached hydrogens (tertiary/aromatic N) is 4. The zero-order valence-corrected chi connectivity index (χ0v) is 22.4. The van der Waals surface area contributed by atoms with E-state index in [1.165, 1.54) is 84.1 Å². The first-order valence-corrected chi connectivity index (χ1v) is 14.6. The van der Waals surface area contributed by atoms with Crippen LogP contribution in [0.3, 0.4) is 0 Å². The second-order valence-corrected chi connectivity index (χ2v) is 14.3. The van der Waals surface area contributed by atoms with Crippen molar-refractivity contribution in [2.75, 3.05) is 49.1 Å². The second kappa shape index (κ2) is 6.79. The Morgan fingerprint density at radius 2 is 1.51 bits per heavy atom. The highest BCUT2D eigenvalue weighted by Gasteiger charge is 2.66. The summed E-state index contributed by atoms with van der Waals surface area (Å²) in [5.41, 5.74) is 6.23. The molecule has 182 valence electrons. The van der Waals surface area contributed by atoms with Gasteiger partial charge in [0.05, 0.1) is 15.1 Å². The van der Waals surface area contributed by atoms with Crippen molar-refractivity contribution in [2.24, 2.45) is 34.5 Å². The average molecular weight is 486 g/mol. The van der Waals surface area contributed by atoms with Gasteiger partial charge >= 0.3 is 0 Å². The van der Waals surface area contributed by atoms with Crippen LogP contribution in [0.2, 0.25) is 0 Å². The van der Waals surface area contributed by atoms with Gasteiger partial charge in [0, 0.05) is 55.5 Å². The highest BCUT2D eigenvalue weighted by atomic mass is 32.1. The highest BCUT2D eigenvalue weighted by molar-refractivity contribution is 7.21. The minimum atomic E-state index is 0.531. The van der Waals surface area contributed by atoms with Crippen LogP contribution in [0.4, 0.5) is 11.4 Å². The van der Waals surface area contributed by atoms with E-state index in [9.17, 15) is 0 Å². The third-order valence-electron chi connectivity index (χ3n) is 10.9. The van der Waals surface area contributed by atoms with Gasteiger partial charge in [0.1, 0.15) is 13.1 Å². The maximum Gasteiger partial charge on any atom is 0.229 e. The SMILES string of the molecule is CC1(C)C2CN(c3ccc4nc5c(=[N+]6CC7C(C6)C7(C)C)cc(N6CCCC6)cc-5sc4c3)CC21. The lowest BCUT2D eigenvalue weighted by atomic mass is 10.1. The number of fused-ring (bicyclic) bond motifs is 4. The molecule has 4 aliphatic heterocycles. The molecular weight excluding hydrogens is 448 g/mol. The zero-order valence-electron chi connectivity index (χ0n) is 21.6. The third-order valence-corrected chi connectivity index (χ3v) is 11.9. The van der Waals surface area contributed by atoms with E-state index in [2.05, 4.69) is 72.4 Å². The molecule has 1 aromatic carbocycles. The Morgan fingerprint density at radius 1 is 0.829 bits per heavy atom. The fourth-order valence-corrected chi connectivity index (χ4v) is 9.01. The molecule has 4 atom stereocenters. The van der Waals surface area contributed by atoms with E-state index in [0.717, 1.165) is 29.2 Å². The lowest BCUT2D eigenvalue weighted by Gasteiger charge is -2.24. The Bertz CT molecular complexity index is 1380. The van der Waals surface area contributed by atoms with E-state index in [1.54, 1.807) is 0 Å². The first-order chi connectivity index (χ1) is 16.8. The van der Waals surface area contributed by atoms with Crippen molar-refractivity contribution in [3.05, 3.63) is 35.7 Å². The third kappa shape index (κ3) is 2.97. The lowest BCUT2D eigenvalue weighted by Crippen LogP contribution is -2.34. The molecule has 4 unspecified atom stereocenters. The lowest BCUT2D eigenvalue weighted by molar-refractivity contribution is 0.439. The van der Waals surface area contributed by atoms with Gasteiger partial charge in [-0.25, -0.2) is 9.56 Å². The van der Waals surface area contributed by atoms with Gasteiger partial charge in [0.2, 0.25) is 5.36 Å². The molecule has 3 saturated heterocycles. The molecule has 3 aliphatic carbocycles. The number of rotatable bonds is 2. The van der Waals surface area contributed by atoms with Crippen molar-refractivity contribution >= 4 is 32.9 Å². The Hall–Kier alpha value is -2.14. The fraction of sp³-hybridized carbons (Fsp3) is 0.600. The van der Waals surface area contributed by atoms with Crippen LogP contribution >= 0.6 is 11.3 Å². The number of anilines is 2. The van der Waals surface area contributed by atoms with Crippen LogP contribution in [0, 0.1) is 34.5 Å². The van der Waals surface area contributed by atoms with Crippen LogP contribution in [-0.4, -0.2) is 44.3 Å². The predicted molar refractivity (Wildman–Crippen MR) is 146 cm³/mol. The monoisotopic (exact) mass is 485 g/mol. The molecule has 35 heavy (non-hydrogen) atoms. The van der Waals surface area contributed by atoms with Gasteiger partial charge in [-0.05, 0) is 59.8 Å². The van der Waals surface area contributed by atoms with Crippen LogP contribution < -0.4 is 19.7 Å². The number of piperidine rings is 2. The molecule has 8 rings (SSSR count). The molecule has 0 spiro atoms.